The molecule has 0 bridgehead atoms. The standard InChI is InChI=1S/C14H13ClF6N2O/c15-10-2-1-8-3-5-23(12(24)14(19,20)21)6-4-9(8)11(10)22-7-13(16,17)18/h1-2,22H,3-7H2. The molecular weight excluding hydrogens is 362 g/mol. The minimum absolute atomic E-state index is 0.0160. The summed E-state index contributed by atoms with van der Waals surface area (Å²) in [6.45, 7) is -1.72. The lowest BCUT2D eigenvalue weighted by Gasteiger charge is -2.21. The molecule has 0 saturated heterocycles. The molecule has 1 heterocycles. The van der Waals surface area contributed by atoms with E-state index in [-0.39, 0.29) is 36.6 Å². The second-order valence-electron chi connectivity index (χ2n) is 5.32. The Bertz CT molecular complexity index is 629. The van der Waals surface area contributed by atoms with Gasteiger partial charge < -0.3 is 10.2 Å². The maximum atomic E-state index is 12.5. The average molecular weight is 375 g/mol. The second kappa shape index (κ2) is 6.70. The average Bonchev–Trinajstić information content (AvgIpc) is 2.66. The molecular formula is C14H13ClF6N2O. The van der Waals surface area contributed by atoms with E-state index in [0.717, 1.165) is 0 Å². The molecule has 0 spiro atoms. The Labute approximate surface area is 138 Å². The summed E-state index contributed by atoms with van der Waals surface area (Å²) in [6.07, 6.45) is -9.35. The van der Waals surface area contributed by atoms with Crippen molar-refractivity contribution < 1.29 is 31.1 Å². The predicted molar refractivity (Wildman–Crippen MR) is 76.0 cm³/mol. The van der Waals surface area contributed by atoms with Crippen molar-refractivity contribution >= 4 is 23.2 Å². The van der Waals surface area contributed by atoms with Crippen LogP contribution in [-0.4, -0.2) is 42.8 Å². The molecule has 0 radical (unpaired) electrons. The molecule has 1 N–H and O–H groups in total. The van der Waals surface area contributed by atoms with Crippen molar-refractivity contribution in [1.82, 2.24) is 4.90 Å². The molecule has 0 saturated carbocycles. The number of alkyl halides is 6. The predicted octanol–water partition coefficient (Wildman–Crippen LogP) is 3.80. The van der Waals surface area contributed by atoms with Crippen molar-refractivity contribution in [3.05, 3.63) is 28.3 Å². The first-order chi connectivity index (χ1) is 11.0. The van der Waals surface area contributed by atoms with Crippen molar-refractivity contribution in [2.75, 3.05) is 25.0 Å². The third-order valence-electron chi connectivity index (χ3n) is 3.64. The topological polar surface area (TPSA) is 32.3 Å². The van der Waals surface area contributed by atoms with Gasteiger partial charge in [0.25, 0.3) is 0 Å². The lowest BCUT2D eigenvalue weighted by atomic mass is 10.0. The van der Waals surface area contributed by atoms with Gasteiger partial charge in [-0.2, -0.15) is 26.3 Å². The summed E-state index contributed by atoms with van der Waals surface area (Å²) in [7, 11) is 0. The van der Waals surface area contributed by atoms with E-state index in [2.05, 4.69) is 5.32 Å². The van der Waals surface area contributed by atoms with Crippen molar-refractivity contribution in [1.29, 1.82) is 0 Å². The summed E-state index contributed by atoms with van der Waals surface area (Å²) in [5, 5.41) is 2.25. The second-order valence-corrected chi connectivity index (χ2v) is 5.73. The van der Waals surface area contributed by atoms with Crippen LogP contribution in [-0.2, 0) is 17.6 Å². The van der Waals surface area contributed by atoms with Crippen LogP contribution in [0.3, 0.4) is 0 Å². The molecule has 134 valence electrons. The fraction of sp³-hybridized carbons (Fsp3) is 0.500. The Balaban J connectivity index is 2.23. The SMILES string of the molecule is O=C(N1CCc2ccc(Cl)c(NCC(F)(F)F)c2CC1)C(F)(F)F. The number of benzene rings is 1. The van der Waals surface area contributed by atoms with Gasteiger partial charge in [-0.15, -0.1) is 0 Å². The lowest BCUT2D eigenvalue weighted by molar-refractivity contribution is -0.185. The first-order valence-electron chi connectivity index (χ1n) is 6.96. The van der Waals surface area contributed by atoms with Crippen molar-refractivity contribution in [3.63, 3.8) is 0 Å². The molecule has 1 amide bonds. The number of anilines is 1. The van der Waals surface area contributed by atoms with Crippen LogP contribution in [0.15, 0.2) is 12.1 Å². The normalized spacial score (nSPS) is 15.7. The molecule has 0 unspecified atom stereocenters. The van der Waals surface area contributed by atoms with Crippen LogP contribution in [0.5, 0.6) is 0 Å². The van der Waals surface area contributed by atoms with Gasteiger partial charge in [0, 0.05) is 13.1 Å². The highest BCUT2D eigenvalue weighted by molar-refractivity contribution is 6.33. The highest BCUT2D eigenvalue weighted by Gasteiger charge is 2.42. The number of halogens is 7. The van der Waals surface area contributed by atoms with E-state index in [0.29, 0.717) is 16.0 Å². The smallest absolute Gasteiger partial charge is 0.375 e. The fourth-order valence-corrected chi connectivity index (χ4v) is 2.80. The van der Waals surface area contributed by atoms with Crippen LogP contribution >= 0.6 is 11.6 Å². The van der Waals surface area contributed by atoms with Gasteiger partial charge in [0.2, 0.25) is 0 Å². The number of amides is 1. The molecule has 2 rings (SSSR count). The number of rotatable bonds is 2. The number of hydrogen-bond acceptors (Lipinski definition) is 2. The van der Waals surface area contributed by atoms with Gasteiger partial charge in [-0.25, -0.2) is 0 Å². The van der Waals surface area contributed by atoms with Crippen molar-refractivity contribution in [3.8, 4) is 0 Å². The zero-order chi connectivity index (χ0) is 18.1. The van der Waals surface area contributed by atoms with Crippen LogP contribution in [0.4, 0.5) is 32.0 Å². The Morgan fingerprint density at radius 3 is 2.33 bits per heavy atom. The lowest BCUT2D eigenvalue weighted by Crippen LogP contribution is -2.42. The third kappa shape index (κ3) is 4.46. The largest absolute Gasteiger partial charge is 0.471 e. The maximum Gasteiger partial charge on any atom is 0.471 e. The van der Waals surface area contributed by atoms with Crippen LogP contribution in [0.1, 0.15) is 11.1 Å². The number of nitrogens with one attached hydrogen (secondary N) is 1. The maximum absolute atomic E-state index is 12.5. The molecule has 0 aromatic heterocycles. The van der Waals surface area contributed by atoms with E-state index < -0.39 is 24.8 Å². The van der Waals surface area contributed by atoms with Gasteiger partial charge in [-0.05, 0) is 30.0 Å². The summed E-state index contributed by atoms with van der Waals surface area (Å²) >= 11 is 5.92. The number of carbonyl (C=O) groups is 1. The van der Waals surface area contributed by atoms with Gasteiger partial charge in [0.05, 0.1) is 10.7 Å². The van der Waals surface area contributed by atoms with E-state index >= 15 is 0 Å². The van der Waals surface area contributed by atoms with Gasteiger partial charge in [0.1, 0.15) is 6.54 Å². The van der Waals surface area contributed by atoms with Crippen LogP contribution in [0.2, 0.25) is 5.02 Å². The van der Waals surface area contributed by atoms with Gasteiger partial charge in [-0.1, -0.05) is 17.7 Å². The van der Waals surface area contributed by atoms with E-state index in [4.69, 9.17) is 11.6 Å². The Kier molecular flexibility index (Phi) is 5.22. The van der Waals surface area contributed by atoms with Gasteiger partial charge >= 0.3 is 18.3 Å². The zero-order valence-electron chi connectivity index (χ0n) is 12.2. The quantitative estimate of drug-likeness (QED) is 0.799. The van der Waals surface area contributed by atoms with Crippen molar-refractivity contribution in [2.45, 2.75) is 25.2 Å². The fourth-order valence-electron chi connectivity index (χ4n) is 2.56. The molecule has 1 aliphatic rings. The minimum atomic E-state index is -4.98. The summed E-state index contributed by atoms with van der Waals surface area (Å²) in [6, 6.07) is 2.94. The number of hydrogen-bond donors (Lipinski definition) is 1. The van der Waals surface area contributed by atoms with E-state index in [1.54, 1.807) is 6.07 Å². The molecule has 0 atom stereocenters. The summed E-state index contributed by atoms with van der Waals surface area (Å²) in [4.78, 5) is 12.0. The molecule has 24 heavy (non-hydrogen) atoms. The molecule has 10 heteroatoms. The molecule has 0 fully saturated rings. The highest BCUT2D eigenvalue weighted by atomic mass is 35.5. The molecule has 1 aromatic rings. The monoisotopic (exact) mass is 374 g/mol. The third-order valence-corrected chi connectivity index (χ3v) is 3.95. The molecule has 1 aliphatic heterocycles. The summed E-state index contributed by atoms with van der Waals surface area (Å²) in [5.41, 5.74) is 1.03. The van der Waals surface area contributed by atoms with Crippen LogP contribution in [0.25, 0.3) is 0 Å². The van der Waals surface area contributed by atoms with Gasteiger partial charge in [0.15, 0.2) is 0 Å². The van der Waals surface area contributed by atoms with Crippen LogP contribution < -0.4 is 5.32 Å². The highest BCUT2D eigenvalue weighted by Crippen LogP contribution is 2.33. The number of carbonyl (C=O) groups excluding carboxylic acids is 1. The van der Waals surface area contributed by atoms with E-state index in [1.807, 2.05) is 0 Å². The van der Waals surface area contributed by atoms with Gasteiger partial charge in [-0.3, -0.25) is 4.79 Å². The zero-order valence-corrected chi connectivity index (χ0v) is 12.9. The van der Waals surface area contributed by atoms with E-state index in [1.165, 1.54) is 6.07 Å². The van der Waals surface area contributed by atoms with E-state index in [9.17, 15) is 31.1 Å². The van der Waals surface area contributed by atoms with Crippen LogP contribution in [0, 0.1) is 0 Å². The molecule has 3 nitrogen and oxygen atoms in total. The summed E-state index contributed by atoms with van der Waals surface area (Å²) in [5.74, 6) is -1.95. The first kappa shape index (κ1) is 18.7. The summed E-state index contributed by atoms with van der Waals surface area (Å²) < 4.78 is 74.8. The molecule has 1 aromatic carbocycles. The molecule has 0 aliphatic carbocycles. The number of nitrogens with zero attached hydrogens (tertiary/aromatic N) is 1. The van der Waals surface area contributed by atoms with Crippen molar-refractivity contribution in [2.24, 2.45) is 0 Å². The first-order valence-corrected chi connectivity index (χ1v) is 7.34. The Hall–Kier alpha value is -1.64. The Morgan fingerprint density at radius 2 is 1.75 bits per heavy atom. The minimum Gasteiger partial charge on any atom is -0.375 e. The number of fused-ring (bicyclic) bond motifs is 1. The Morgan fingerprint density at radius 1 is 1.12 bits per heavy atom.